The van der Waals surface area contributed by atoms with Crippen molar-refractivity contribution in [1.82, 2.24) is 0 Å². The van der Waals surface area contributed by atoms with Crippen LogP contribution in [0.15, 0.2) is 48.6 Å². The van der Waals surface area contributed by atoms with Crippen molar-refractivity contribution in [1.29, 1.82) is 0 Å². The summed E-state index contributed by atoms with van der Waals surface area (Å²) in [5.74, 6) is 1.09. The lowest BCUT2D eigenvalue weighted by atomic mass is 9.91. The maximum absolute atomic E-state index is 2.36. The van der Waals surface area contributed by atoms with E-state index in [0.717, 1.165) is 18.6 Å². The fourth-order valence-electron chi connectivity index (χ4n) is 2.05. The Bertz CT molecular complexity index is 332. The number of hydrogen-bond acceptors (Lipinski definition) is 1. The Morgan fingerprint density at radius 3 is 1.60 bits per heavy atom. The molecule has 1 heteroatoms. The van der Waals surface area contributed by atoms with Crippen molar-refractivity contribution in [3.63, 3.8) is 0 Å². The molecule has 0 aromatic carbocycles. The Balaban J connectivity index is 4.98. The Morgan fingerprint density at radius 1 is 0.800 bits per heavy atom. The van der Waals surface area contributed by atoms with E-state index in [2.05, 4.69) is 90.2 Å². The molecule has 0 nitrogen and oxygen atoms in total. The van der Waals surface area contributed by atoms with Crippen LogP contribution >= 0.6 is 11.8 Å². The molecule has 20 heavy (non-hydrogen) atoms. The molecule has 0 fully saturated rings. The summed E-state index contributed by atoms with van der Waals surface area (Å²) in [5.41, 5.74) is 0.140. The molecule has 0 aliphatic heterocycles. The SMILES string of the molecule is CC=CC(C)(C=CC)SCC(C)(C=CCC)C=CCC. The van der Waals surface area contributed by atoms with Gasteiger partial charge in [0.2, 0.25) is 0 Å². The first-order chi connectivity index (χ1) is 9.45. The van der Waals surface area contributed by atoms with Crippen molar-refractivity contribution in [2.75, 3.05) is 5.75 Å². The number of allylic oxidation sites excluding steroid dienone is 6. The Hall–Kier alpha value is -0.690. The van der Waals surface area contributed by atoms with Gasteiger partial charge in [-0.3, -0.25) is 0 Å². The fraction of sp³-hybridized carbons (Fsp3) is 0.579. The highest BCUT2D eigenvalue weighted by Gasteiger charge is 2.24. The molecule has 0 aliphatic rings. The van der Waals surface area contributed by atoms with Gasteiger partial charge in [-0.25, -0.2) is 0 Å². The van der Waals surface area contributed by atoms with Crippen LogP contribution in [0.3, 0.4) is 0 Å². The zero-order chi connectivity index (χ0) is 15.5. The van der Waals surface area contributed by atoms with Gasteiger partial charge in [0.05, 0.1) is 0 Å². The minimum Gasteiger partial charge on any atom is -0.146 e. The zero-order valence-corrected chi connectivity index (χ0v) is 15.0. The maximum Gasteiger partial charge on any atom is 0.0490 e. The molecule has 114 valence electrons. The summed E-state index contributed by atoms with van der Waals surface area (Å²) < 4.78 is 0.0882. The number of rotatable bonds is 9. The smallest absolute Gasteiger partial charge is 0.0490 e. The van der Waals surface area contributed by atoms with Crippen molar-refractivity contribution in [3.05, 3.63) is 48.6 Å². The van der Waals surface area contributed by atoms with Crippen LogP contribution in [-0.2, 0) is 0 Å². The lowest BCUT2D eigenvalue weighted by Crippen LogP contribution is -2.21. The van der Waals surface area contributed by atoms with Crippen LogP contribution in [0, 0.1) is 5.41 Å². The van der Waals surface area contributed by atoms with Crippen molar-refractivity contribution in [2.45, 2.75) is 59.1 Å². The van der Waals surface area contributed by atoms with Crippen LogP contribution in [-0.4, -0.2) is 10.5 Å². The average molecular weight is 293 g/mol. The normalized spacial score (nSPS) is 19.3. The van der Waals surface area contributed by atoms with Crippen LogP contribution in [0.25, 0.3) is 0 Å². The van der Waals surface area contributed by atoms with E-state index < -0.39 is 0 Å². The van der Waals surface area contributed by atoms with Gasteiger partial charge in [0, 0.05) is 15.9 Å². The van der Waals surface area contributed by atoms with Crippen molar-refractivity contribution >= 4 is 11.8 Å². The predicted molar refractivity (Wildman–Crippen MR) is 97.5 cm³/mol. The molecule has 0 radical (unpaired) electrons. The lowest BCUT2D eigenvalue weighted by Gasteiger charge is -2.28. The molecule has 0 saturated carbocycles. The first-order valence-corrected chi connectivity index (χ1v) is 8.71. The Morgan fingerprint density at radius 2 is 1.25 bits per heavy atom. The average Bonchev–Trinajstić information content (AvgIpc) is 2.42. The molecule has 0 bridgehead atoms. The van der Waals surface area contributed by atoms with Crippen LogP contribution in [0.4, 0.5) is 0 Å². The van der Waals surface area contributed by atoms with Crippen molar-refractivity contribution < 1.29 is 0 Å². The lowest BCUT2D eigenvalue weighted by molar-refractivity contribution is 0.632. The van der Waals surface area contributed by atoms with Crippen molar-refractivity contribution in [2.24, 2.45) is 5.41 Å². The summed E-state index contributed by atoms with van der Waals surface area (Å²) in [6.45, 7) is 13.2. The Labute approximate surface area is 131 Å². The summed E-state index contributed by atoms with van der Waals surface area (Å²) in [7, 11) is 0. The first kappa shape index (κ1) is 19.3. The summed E-state index contributed by atoms with van der Waals surface area (Å²) in [4.78, 5) is 0. The number of thioether (sulfide) groups is 1. The van der Waals surface area contributed by atoms with Gasteiger partial charge >= 0.3 is 0 Å². The molecular formula is C19H32S. The molecule has 0 spiro atoms. The van der Waals surface area contributed by atoms with E-state index in [1.165, 1.54) is 0 Å². The van der Waals surface area contributed by atoms with Gasteiger partial charge in [0.15, 0.2) is 0 Å². The fourth-order valence-corrected chi connectivity index (χ4v) is 3.33. The van der Waals surface area contributed by atoms with Crippen molar-refractivity contribution in [3.8, 4) is 0 Å². The van der Waals surface area contributed by atoms with Crippen LogP contribution in [0.1, 0.15) is 54.4 Å². The van der Waals surface area contributed by atoms with E-state index in [-0.39, 0.29) is 10.2 Å². The Kier molecular flexibility index (Phi) is 9.75. The summed E-state index contributed by atoms with van der Waals surface area (Å²) >= 11 is 2.00. The molecule has 0 aromatic heterocycles. The van der Waals surface area contributed by atoms with Crippen LogP contribution in [0.5, 0.6) is 0 Å². The monoisotopic (exact) mass is 292 g/mol. The molecule has 0 N–H and O–H groups in total. The van der Waals surface area contributed by atoms with Crippen LogP contribution < -0.4 is 0 Å². The predicted octanol–water partition coefficient (Wildman–Crippen LogP) is 6.57. The third kappa shape index (κ3) is 7.79. The van der Waals surface area contributed by atoms with E-state index in [4.69, 9.17) is 0 Å². The van der Waals surface area contributed by atoms with E-state index in [0.29, 0.717) is 0 Å². The van der Waals surface area contributed by atoms with Gasteiger partial charge in [-0.1, -0.05) is 69.4 Å². The second-order valence-corrected chi connectivity index (χ2v) is 7.06. The molecule has 0 rings (SSSR count). The first-order valence-electron chi connectivity index (χ1n) is 7.72. The van der Waals surface area contributed by atoms with E-state index in [9.17, 15) is 0 Å². The largest absolute Gasteiger partial charge is 0.146 e. The second kappa shape index (κ2) is 10.1. The zero-order valence-electron chi connectivity index (χ0n) is 14.1. The molecular weight excluding hydrogens is 260 g/mol. The highest BCUT2D eigenvalue weighted by Crippen LogP contribution is 2.36. The quantitative estimate of drug-likeness (QED) is 0.433. The van der Waals surface area contributed by atoms with Gasteiger partial charge in [0.25, 0.3) is 0 Å². The molecule has 0 heterocycles. The minimum atomic E-state index is 0.0882. The molecule has 0 saturated heterocycles. The molecule has 0 aromatic rings. The van der Waals surface area contributed by atoms with Gasteiger partial charge in [-0.15, -0.1) is 11.8 Å². The molecule has 0 unspecified atom stereocenters. The van der Waals surface area contributed by atoms with Gasteiger partial charge < -0.3 is 0 Å². The summed E-state index contributed by atoms with van der Waals surface area (Å²) in [6.07, 6.45) is 20.3. The second-order valence-electron chi connectivity index (χ2n) is 5.60. The maximum atomic E-state index is 2.36. The minimum absolute atomic E-state index is 0.0882. The topological polar surface area (TPSA) is 0 Å². The highest BCUT2D eigenvalue weighted by atomic mass is 32.2. The van der Waals surface area contributed by atoms with Gasteiger partial charge in [-0.2, -0.15) is 0 Å². The third-order valence-corrected chi connectivity index (χ3v) is 4.82. The van der Waals surface area contributed by atoms with E-state index in [1.807, 2.05) is 11.8 Å². The van der Waals surface area contributed by atoms with E-state index in [1.54, 1.807) is 0 Å². The summed E-state index contributed by atoms with van der Waals surface area (Å²) in [6, 6.07) is 0. The van der Waals surface area contributed by atoms with E-state index >= 15 is 0 Å². The molecule has 0 atom stereocenters. The number of hydrogen-bond donors (Lipinski definition) is 0. The highest BCUT2D eigenvalue weighted by molar-refractivity contribution is 8.01. The third-order valence-electron chi connectivity index (χ3n) is 3.16. The summed E-state index contributed by atoms with van der Waals surface area (Å²) in [5, 5.41) is 0. The van der Waals surface area contributed by atoms with Gasteiger partial charge in [-0.05, 0) is 33.6 Å². The molecule has 0 amide bonds. The van der Waals surface area contributed by atoms with Crippen LogP contribution in [0.2, 0.25) is 0 Å². The van der Waals surface area contributed by atoms with Gasteiger partial charge in [0.1, 0.15) is 0 Å². The standard InChI is InChI=1S/C19H32S/c1-7-11-15-18(5,16-12-8-2)17-20-19(6,13-9-3)14-10-4/h9-16H,7-8,17H2,1-6H3. The molecule has 0 aliphatic carbocycles.